The number of para-hydroxylation sites is 1. The summed E-state index contributed by atoms with van der Waals surface area (Å²) in [7, 11) is 1.81. The van der Waals surface area contributed by atoms with Gasteiger partial charge in [0.2, 0.25) is 0 Å². The minimum atomic E-state index is 0.00350. The molecule has 1 aromatic carbocycles. The van der Waals surface area contributed by atoms with Gasteiger partial charge in [-0.2, -0.15) is 0 Å². The highest BCUT2D eigenvalue weighted by Gasteiger charge is 2.17. The fourth-order valence-electron chi connectivity index (χ4n) is 1.57. The first-order valence-electron chi connectivity index (χ1n) is 5.80. The van der Waals surface area contributed by atoms with Crippen molar-refractivity contribution in [3.63, 3.8) is 0 Å². The van der Waals surface area contributed by atoms with Gasteiger partial charge in [0.15, 0.2) is 6.61 Å². The molecule has 3 heteroatoms. The SMILES string of the molecule is CN(CC(C)(C)C)C(=O)COc1ccccc1. The molecule has 0 aliphatic rings. The van der Waals surface area contributed by atoms with Gasteiger partial charge in [0.25, 0.3) is 5.91 Å². The zero-order valence-corrected chi connectivity index (χ0v) is 11.1. The molecule has 1 amide bonds. The smallest absolute Gasteiger partial charge is 0.260 e. The van der Waals surface area contributed by atoms with E-state index in [0.29, 0.717) is 0 Å². The summed E-state index contributed by atoms with van der Waals surface area (Å²) in [6, 6.07) is 9.38. The minimum absolute atomic E-state index is 0.00350. The van der Waals surface area contributed by atoms with Crippen LogP contribution in [0.5, 0.6) is 5.75 Å². The Kier molecular flexibility index (Phi) is 4.55. The van der Waals surface area contributed by atoms with Crippen molar-refractivity contribution in [2.45, 2.75) is 20.8 Å². The summed E-state index contributed by atoms with van der Waals surface area (Å²) in [5, 5.41) is 0. The molecule has 0 radical (unpaired) electrons. The highest BCUT2D eigenvalue weighted by Crippen LogP contribution is 2.14. The molecule has 0 unspecified atom stereocenters. The number of nitrogens with zero attached hydrogens (tertiary/aromatic N) is 1. The van der Waals surface area contributed by atoms with Crippen LogP contribution in [0.15, 0.2) is 30.3 Å². The van der Waals surface area contributed by atoms with Crippen molar-refractivity contribution in [1.29, 1.82) is 0 Å². The van der Waals surface area contributed by atoms with Crippen LogP contribution in [0.1, 0.15) is 20.8 Å². The van der Waals surface area contributed by atoms with Crippen LogP contribution in [-0.4, -0.2) is 31.0 Å². The molecule has 0 spiro atoms. The molecule has 17 heavy (non-hydrogen) atoms. The second-order valence-electron chi connectivity index (χ2n) is 5.41. The van der Waals surface area contributed by atoms with Crippen molar-refractivity contribution in [3.05, 3.63) is 30.3 Å². The third-order valence-electron chi connectivity index (χ3n) is 2.24. The van der Waals surface area contributed by atoms with Crippen molar-refractivity contribution in [3.8, 4) is 5.75 Å². The van der Waals surface area contributed by atoms with E-state index in [4.69, 9.17) is 4.74 Å². The van der Waals surface area contributed by atoms with Crippen LogP contribution in [0.4, 0.5) is 0 Å². The average Bonchev–Trinajstić information content (AvgIpc) is 2.25. The second kappa shape index (κ2) is 5.71. The Morgan fingerprint density at radius 3 is 2.35 bits per heavy atom. The Labute approximate surface area is 103 Å². The quantitative estimate of drug-likeness (QED) is 0.802. The first kappa shape index (κ1) is 13.6. The van der Waals surface area contributed by atoms with E-state index in [0.717, 1.165) is 12.3 Å². The molecule has 0 fully saturated rings. The predicted octanol–water partition coefficient (Wildman–Crippen LogP) is 2.57. The first-order chi connectivity index (χ1) is 7.88. The predicted molar refractivity (Wildman–Crippen MR) is 69.0 cm³/mol. The standard InChI is InChI=1S/C14H21NO2/c1-14(2,3)11-15(4)13(16)10-17-12-8-6-5-7-9-12/h5-9H,10-11H2,1-4H3. The van der Waals surface area contributed by atoms with E-state index in [1.165, 1.54) is 0 Å². The molecule has 0 bridgehead atoms. The molecule has 0 aromatic heterocycles. The number of carbonyl (C=O) groups is 1. The lowest BCUT2D eigenvalue weighted by atomic mass is 9.96. The molecule has 0 aliphatic carbocycles. The van der Waals surface area contributed by atoms with Crippen molar-refractivity contribution in [2.24, 2.45) is 5.41 Å². The average molecular weight is 235 g/mol. The Bertz CT molecular complexity index is 354. The Morgan fingerprint density at radius 1 is 1.24 bits per heavy atom. The maximum absolute atomic E-state index is 11.8. The minimum Gasteiger partial charge on any atom is -0.484 e. The number of ether oxygens (including phenoxy) is 1. The number of likely N-dealkylation sites (N-methyl/N-ethyl adjacent to an activating group) is 1. The number of amides is 1. The van der Waals surface area contributed by atoms with Gasteiger partial charge in [-0.25, -0.2) is 0 Å². The highest BCUT2D eigenvalue weighted by molar-refractivity contribution is 5.77. The third kappa shape index (κ3) is 5.38. The van der Waals surface area contributed by atoms with Crippen LogP contribution < -0.4 is 4.74 Å². The van der Waals surface area contributed by atoms with Crippen molar-refractivity contribution in [1.82, 2.24) is 4.90 Å². The number of rotatable bonds is 4. The molecule has 3 nitrogen and oxygen atoms in total. The monoisotopic (exact) mass is 235 g/mol. The van der Waals surface area contributed by atoms with Gasteiger partial charge in [0.05, 0.1) is 0 Å². The van der Waals surface area contributed by atoms with E-state index in [2.05, 4.69) is 20.8 Å². The lowest BCUT2D eigenvalue weighted by Gasteiger charge is -2.26. The number of benzene rings is 1. The number of hydrogen-bond acceptors (Lipinski definition) is 2. The maximum atomic E-state index is 11.8. The molecule has 0 atom stereocenters. The third-order valence-corrected chi connectivity index (χ3v) is 2.24. The normalized spacial score (nSPS) is 11.1. The van der Waals surface area contributed by atoms with Crippen molar-refractivity contribution >= 4 is 5.91 Å². The van der Waals surface area contributed by atoms with Crippen LogP contribution in [-0.2, 0) is 4.79 Å². The van der Waals surface area contributed by atoms with Gasteiger partial charge in [-0.3, -0.25) is 4.79 Å². The molecule has 0 N–H and O–H groups in total. The molecular formula is C14H21NO2. The summed E-state index contributed by atoms with van der Waals surface area (Å²) in [4.78, 5) is 13.5. The summed E-state index contributed by atoms with van der Waals surface area (Å²) in [6.45, 7) is 7.14. The Hall–Kier alpha value is -1.51. The van der Waals surface area contributed by atoms with Gasteiger partial charge in [0.1, 0.15) is 5.75 Å². The Morgan fingerprint density at radius 2 is 1.82 bits per heavy atom. The fourth-order valence-corrected chi connectivity index (χ4v) is 1.57. The highest BCUT2D eigenvalue weighted by atomic mass is 16.5. The van der Waals surface area contributed by atoms with Gasteiger partial charge in [-0.15, -0.1) is 0 Å². The van der Waals surface area contributed by atoms with Crippen molar-refractivity contribution < 1.29 is 9.53 Å². The van der Waals surface area contributed by atoms with Gasteiger partial charge < -0.3 is 9.64 Å². The summed E-state index contributed by atoms with van der Waals surface area (Å²) < 4.78 is 5.41. The fraction of sp³-hybridized carbons (Fsp3) is 0.500. The molecule has 0 aliphatic heterocycles. The molecule has 1 aromatic rings. The van der Waals surface area contributed by atoms with Crippen molar-refractivity contribution in [2.75, 3.05) is 20.2 Å². The van der Waals surface area contributed by atoms with Crippen LogP contribution >= 0.6 is 0 Å². The molecule has 0 saturated heterocycles. The largest absolute Gasteiger partial charge is 0.484 e. The van der Waals surface area contributed by atoms with Gasteiger partial charge in [0, 0.05) is 13.6 Å². The molecule has 1 rings (SSSR count). The van der Waals surface area contributed by atoms with Crippen LogP contribution in [0.25, 0.3) is 0 Å². The number of carbonyl (C=O) groups excluding carboxylic acids is 1. The topological polar surface area (TPSA) is 29.5 Å². The molecule has 94 valence electrons. The molecule has 0 saturated carbocycles. The number of hydrogen-bond donors (Lipinski definition) is 0. The van der Waals surface area contributed by atoms with Crippen LogP contribution in [0.2, 0.25) is 0 Å². The zero-order valence-electron chi connectivity index (χ0n) is 11.1. The van der Waals surface area contributed by atoms with E-state index in [9.17, 15) is 4.79 Å². The van der Waals surface area contributed by atoms with Gasteiger partial charge in [-0.05, 0) is 17.5 Å². The summed E-state index contributed by atoms with van der Waals surface area (Å²) >= 11 is 0. The maximum Gasteiger partial charge on any atom is 0.260 e. The van der Waals surface area contributed by atoms with Crippen LogP contribution in [0, 0.1) is 5.41 Å². The first-order valence-corrected chi connectivity index (χ1v) is 5.80. The summed E-state index contributed by atoms with van der Waals surface area (Å²) in [5.74, 6) is 0.730. The lowest BCUT2D eigenvalue weighted by Crippen LogP contribution is -2.37. The van der Waals surface area contributed by atoms with Gasteiger partial charge >= 0.3 is 0 Å². The van der Waals surface area contributed by atoms with Gasteiger partial charge in [-0.1, -0.05) is 39.0 Å². The molecule has 0 heterocycles. The lowest BCUT2D eigenvalue weighted by molar-refractivity contribution is -0.133. The van der Waals surface area contributed by atoms with E-state index in [-0.39, 0.29) is 17.9 Å². The molecular weight excluding hydrogens is 214 g/mol. The summed E-state index contributed by atoms with van der Waals surface area (Å²) in [5.41, 5.74) is 0.108. The van der Waals surface area contributed by atoms with E-state index in [1.54, 1.807) is 4.90 Å². The second-order valence-corrected chi connectivity index (χ2v) is 5.41. The zero-order chi connectivity index (χ0) is 12.9. The van der Waals surface area contributed by atoms with Crippen LogP contribution in [0.3, 0.4) is 0 Å². The van der Waals surface area contributed by atoms with E-state index in [1.807, 2.05) is 37.4 Å². The van der Waals surface area contributed by atoms with E-state index < -0.39 is 0 Å². The Balaban J connectivity index is 2.40. The summed E-state index contributed by atoms with van der Waals surface area (Å²) in [6.07, 6.45) is 0. The van der Waals surface area contributed by atoms with E-state index >= 15 is 0 Å².